The van der Waals surface area contributed by atoms with Gasteiger partial charge in [-0.25, -0.2) is 0 Å². The first-order chi connectivity index (χ1) is 6.76. The molecule has 1 saturated heterocycles. The lowest BCUT2D eigenvalue weighted by atomic mass is 10.1. The van der Waals surface area contributed by atoms with E-state index in [-0.39, 0.29) is 5.91 Å². The van der Waals surface area contributed by atoms with Crippen LogP contribution in [-0.2, 0) is 4.79 Å². The maximum Gasteiger partial charge on any atom is 0.221 e. The summed E-state index contributed by atoms with van der Waals surface area (Å²) in [6, 6.07) is 0. The summed E-state index contributed by atoms with van der Waals surface area (Å²) in [4.78, 5) is 13.4. The lowest BCUT2D eigenvalue weighted by Crippen LogP contribution is -2.29. The summed E-state index contributed by atoms with van der Waals surface area (Å²) in [5, 5.41) is 5.85. The van der Waals surface area contributed by atoms with E-state index in [1.54, 1.807) is 7.05 Å². The number of hydrogen-bond donors (Lipinski definition) is 2. The minimum absolute atomic E-state index is 0.141. The van der Waals surface area contributed by atoms with E-state index >= 15 is 0 Å². The molecule has 2 N–H and O–H groups in total. The topological polar surface area (TPSA) is 44.4 Å². The van der Waals surface area contributed by atoms with Crippen LogP contribution in [0, 0.1) is 5.92 Å². The lowest BCUT2D eigenvalue weighted by molar-refractivity contribution is -0.120. The molecule has 0 aliphatic carbocycles. The Hall–Kier alpha value is -0.610. The summed E-state index contributed by atoms with van der Waals surface area (Å²) in [7, 11) is 3.68. The van der Waals surface area contributed by atoms with Crippen LogP contribution in [-0.4, -0.2) is 51.1 Å². The van der Waals surface area contributed by atoms with Gasteiger partial charge in [0.2, 0.25) is 5.91 Å². The zero-order valence-corrected chi connectivity index (χ0v) is 9.18. The molecule has 0 saturated carbocycles. The van der Waals surface area contributed by atoms with Crippen molar-refractivity contribution < 1.29 is 4.79 Å². The molecule has 0 aromatic heterocycles. The van der Waals surface area contributed by atoms with Crippen molar-refractivity contribution in [3.8, 4) is 0 Å². The van der Waals surface area contributed by atoms with Crippen molar-refractivity contribution in [1.29, 1.82) is 0 Å². The molecule has 1 amide bonds. The number of nitrogens with zero attached hydrogens (tertiary/aromatic N) is 1. The predicted molar refractivity (Wildman–Crippen MR) is 57.2 cm³/mol. The molecule has 1 unspecified atom stereocenters. The van der Waals surface area contributed by atoms with Gasteiger partial charge in [0.05, 0.1) is 0 Å². The van der Waals surface area contributed by atoms with Crippen LogP contribution in [0.5, 0.6) is 0 Å². The summed E-state index contributed by atoms with van der Waals surface area (Å²) >= 11 is 0. The van der Waals surface area contributed by atoms with Gasteiger partial charge in [-0.3, -0.25) is 4.79 Å². The molecule has 1 atom stereocenters. The van der Waals surface area contributed by atoms with E-state index in [1.165, 1.54) is 6.42 Å². The molecule has 1 aliphatic rings. The second-order valence-electron chi connectivity index (χ2n) is 3.94. The summed E-state index contributed by atoms with van der Waals surface area (Å²) in [5.74, 6) is 0.909. The van der Waals surface area contributed by atoms with E-state index in [9.17, 15) is 4.79 Å². The molecule has 4 heteroatoms. The Kier molecular flexibility index (Phi) is 4.90. The molecule has 0 radical (unpaired) electrons. The number of nitrogens with one attached hydrogen (secondary N) is 2. The lowest BCUT2D eigenvalue weighted by Gasteiger charge is -2.15. The number of carbonyl (C=O) groups is 1. The first kappa shape index (κ1) is 11.5. The van der Waals surface area contributed by atoms with Gasteiger partial charge in [-0.15, -0.1) is 0 Å². The van der Waals surface area contributed by atoms with E-state index in [1.807, 2.05) is 7.05 Å². The van der Waals surface area contributed by atoms with E-state index in [0.29, 0.717) is 6.42 Å². The normalized spacial score (nSPS) is 22.6. The van der Waals surface area contributed by atoms with Crippen LogP contribution >= 0.6 is 0 Å². The monoisotopic (exact) mass is 199 g/mol. The van der Waals surface area contributed by atoms with E-state index in [2.05, 4.69) is 15.5 Å². The highest BCUT2D eigenvalue weighted by Crippen LogP contribution is 2.14. The molecule has 0 spiro atoms. The van der Waals surface area contributed by atoms with Gasteiger partial charge in [-0.2, -0.15) is 0 Å². The second kappa shape index (κ2) is 5.98. The van der Waals surface area contributed by atoms with E-state index < -0.39 is 0 Å². The van der Waals surface area contributed by atoms with Crippen LogP contribution in [0.4, 0.5) is 0 Å². The standard InChI is InChI=1S/C10H21N3O/c1-11-7-9-3-5-13(8-9)6-4-10(14)12-2/h9,11H,3-8H2,1-2H3,(H,12,14). The molecule has 0 aromatic rings. The molecule has 14 heavy (non-hydrogen) atoms. The Balaban J connectivity index is 2.13. The third kappa shape index (κ3) is 3.64. The van der Waals surface area contributed by atoms with Gasteiger partial charge in [0.25, 0.3) is 0 Å². The fourth-order valence-corrected chi connectivity index (χ4v) is 1.96. The van der Waals surface area contributed by atoms with Gasteiger partial charge in [-0.05, 0) is 32.5 Å². The molecule has 1 rings (SSSR count). The van der Waals surface area contributed by atoms with Crippen molar-refractivity contribution in [3.05, 3.63) is 0 Å². The zero-order valence-electron chi connectivity index (χ0n) is 9.18. The van der Waals surface area contributed by atoms with Crippen molar-refractivity contribution in [2.75, 3.05) is 40.3 Å². The van der Waals surface area contributed by atoms with Crippen molar-refractivity contribution in [1.82, 2.24) is 15.5 Å². The highest BCUT2D eigenvalue weighted by atomic mass is 16.1. The molecule has 1 heterocycles. The van der Waals surface area contributed by atoms with Gasteiger partial charge in [0.1, 0.15) is 0 Å². The molecular weight excluding hydrogens is 178 g/mol. The number of carbonyl (C=O) groups excluding carboxylic acids is 1. The van der Waals surface area contributed by atoms with Gasteiger partial charge >= 0.3 is 0 Å². The van der Waals surface area contributed by atoms with Crippen LogP contribution in [0.15, 0.2) is 0 Å². The smallest absolute Gasteiger partial charge is 0.221 e. The minimum Gasteiger partial charge on any atom is -0.359 e. The summed E-state index contributed by atoms with van der Waals surface area (Å²) in [5.41, 5.74) is 0. The first-order valence-electron chi connectivity index (χ1n) is 5.33. The van der Waals surface area contributed by atoms with Crippen molar-refractivity contribution in [2.24, 2.45) is 5.92 Å². The Morgan fingerprint density at radius 1 is 1.50 bits per heavy atom. The molecule has 0 aromatic carbocycles. The molecule has 0 bridgehead atoms. The van der Waals surface area contributed by atoms with Crippen LogP contribution in [0.3, 0.4) is 0 Å². The molecule has 4 nitrogen and oxygen atoms in total. The number of rotatable bonds is 5. The van der Waals surface area contributed by atoms with Gasteiger partial charge < -0.3 is 15.5 Å². The maximum absolute atomic E-state index is 11.0. The maximum atomic E-state index is 11.0. The van der Waals surface area contributed by atoms with Gasteiger partial charge in [0.15, 0.2) is 0 Å². The molecular formula is C10H21N3O. The summed E-state index contributed by atoms with van der Waals surface area (Å²) in [6.45, 7) is 4.28. The van der Waals surface area contributed by atoms with Crippen LogP contribution in [0.2, 0.25) is 0 Å². The Bertz CT molecular complexity index is 184. The van der Waals surface area contributed by atoms with Crippen LogP contribution in [0.1, 0.15) is 12.8 Å². The number of likely N-dealkylation sites (tertiary alicyclic amines) is 1. The average Bonchev–Trinajstić information content (AvgIpc) is 2.63. The Morgan fingerprint density at radius 2 is 2.29 bits per heavy atom. The summed E-state index contributed by atoms with van der Waals surface area (Å²) < 4.78 is 0. The number of hydrogen-bond acceptors (Lipinski definition) is 3. The van der Waals surface area contributed by atoms with E-state index in [0.717, 1.165) is 32.1 Å². The first-order valence-corrected chi connectivity index (χ1v) is 5.33. The van der Waals surface area contributed by atoms with Gasteiger partial charge in [0, 0.05) is 26.6 Å². The number of amides is 1. The van der Waals surface area contributed by atoms with Crippen LogP contribution < -0.4 is 10.6 Å². The quantitative estimate of drug-likeness (QED) is 0.637. The highest BCUT2D eigenvalue weighted by molar-refractivity contribution is 5.75. The third-order valence-electron chi connectivity index (χ3n) is 2.80. The van der Waals surface area contributed by atoms with Crippen LogP contribution in [0.25, 0.3) is 0 Å². The molecule has 82 valence electrons. The molecule has 1 fully saturated rings. The SMILES string of the molecule is CNCC1CCN(CCC(=O)NC)C1. The summed E-state index contributed by atoms with van der Waals surface area (Å²) in [6.07, 6.45) is 1.89. The Morgan fingerprint density at radius 3 is 2.93 bits per heavy atom. The largest absolute Gasteiger partial charge is 0.359 e. The van der Waals surface area contributed by atoms with Crippen molar-refractivity contribution in [2.45, 2.75) is 12.8 Å². The second-order valence-corrected chi connectivity index (χ2v) is 3.94. The average molecular weight is 199 g/mol. The van der Waals surface area contributed by atoms with Gasteiger partial charge in [-0.1, -0.05) is 0 Å². The molecule has 1 aliphatic heterocycles. The third-order valence-corrected chi connectivity index (χ3v) is 2.80. The minimum atomic E-state index is 0.141. The highest BCUT2D eigenvalue weighted by Gasteiger charge is 2.21. The van der Waals surface area contributed by atoms with E-state index in [4.69, 9.17) is 0 Å². The van der Waals surface area contributed by atoms with Crippen molar-refractivity contribution >= 4 is 5.91 Å². The zero-order chi connectivity index (χ0) is 10.4. The fraction of sp³-hybridized carbons (Fsp3) is 0.900. The van der Waals surface area contributed by atoms with Crippen molar-refractivity contribution in [3.63, 3.8) is 0 Å². The predicted octanol–water partition coefficient (Wildman–Crippen LogP) is -0.336. The fourth-order valence-electron chi connectivity index (χ4n) is 1.96. The Labute approximate surface area is 86.0 Å².